The Labute approximate surface area is 105 Å². The Morgan fingerprint density at radius 3 is 2.94 bits per heavy atom. The summed E-state index contributed by atoms with van der Waals surface area (Å²) in [5.74, 6) is -0.278. The van der Waals surface area contributed by atoms with Gasteiger partial charge >= 0.3 is 5.76 Å². The molecule has 0 spiro atoms. The summed E-state index contributed by atoms with van der Waals surface area (Å²) in [6.45, 7) is 3.44. The van der Waals surface area contributed by atoms with E-state index in [0.717, 1.165) is 31.6 Å². The molecule has 96 valence electrons. The Kier molecular flexibility index (Phi) is 2.93. The number of hydrogen-bond acceptors (Lipinski definition) is 4. The first-order chi connectivity index (χ1) is 8.74. The van der Waals surface area contributed by atoms with E-state index in [-0.39, 0.29) is 11.8 Å². The number of oxazole rings is 1. The van der Waals surface area contributed by atoms with E-state index in [9.17, 15) is 4.79 Å². The minimum Gasteiger partial charge on any atom is -0.408 e. The Morgan fingerprint density at radius 2 is 2.17 bits per heavy atom. The number of nitrogens with zero attached hydrogens (tertiary/aromatic N) is 2. The second-order valence-corrected chi connectivity index (χ2v) is 4.84. The summed E-state index contributed by atoms with van der Waals surface area (Å²) < 4.78 is 6.89. The highest BCUT2D eigenvalue weighted by Crippen LogP contribution is 2.12. The third kappa shape index (κ3) is 2.07. The fraction of sp³-hybridized carbons (Fsp3) is 0.462. The summed E-state index contributed by atoms with van der Waals surface area (Å²) in [5.41, 5.74) is 7.39. The zero-order chi connectivity index (χ0) is 12.5. The number of para-hydroxylation sites is 2. The molecule has 5 nitrogen and oxygen atoms in total. The zero-order valence-electron chi connectivity index (χ0n) is 10.2. The molecule has 3 rings (SSSR count). The molecular formula is C13H17N3O2. The highest BCUT2D eigenvalue weighted by Gasteiger charge is 2.19. The first-order valence-corrected chi connectivity index (χ1v) is 6.30. The standard InChI is InChI=1S/C13H17N3O2/c14-10-5-6-15(9-10)7-8-16-11-3-1-2-4-12(11)18-13(16)17/h1-4,10H,5-9,14H2/t10-/m0/s1. The van der Waals surface area contributed by atoms with Crippen molar-refractivity contribution in [3.63, 3.8) is 0 Å². The van der Waals surface area contributed by atoms with E-state index in [1.165, 1.54) is 0 Å². The van der Waals surface area contributed by atoms with Crippen LogP contribution >= 0.6 is 0 Å². The molecule has 0 bridgehead atoms. The quantitative estimate of drug-likeness (QED) is 0.864. The molecule has 1 aliphatic heterocycles. The van der Waals surface area contributed by atoms with Crippen LogP contribution in [0.25, 0.3) is 11.1 Å². The first kappa shape index (κ1) is 11.5. The lowest BCUT2D eigenvalue weighted by atomic mass is 10.3. The van der Waals surface area contributed by atoms with Crippen LogP contribution in [0, 0.1) is 0 Å². The lowest BCUT2D eigenvalue weighted by Gasteiger charge is -2.14. The van der Waals surface area contributed by atoms with Gasteiger partial charge in [0, 0.05) is 25.7 Å². The van der Waals surface area contributed by atoms with Crippen LogP contribution in [0.15, 0.2) is 33.5 Å². The second kappa shape index (κ2) is 4.59. The van der Waals surface area contributed by atoms with Crippen LogP contribution in [0.2, 0.25) is 0 Å². The van der Waals surface area contributed by atoms with Crippen LogP contribution in [0.4, 0.5) is 0 Å². The Bertz CT molecular complexity index is 602. The van der Waals surface area contributed by atoms with Crippen LogP contribution in [0.1, 0.15) is 6.42 Å². The van der Waals surface area contributed by atoms with Gasteiger partial charge in [-0.3, -0.25) is 9.47 Å². The maximum atomic E-state index is 11.8. The van der Waals surface area contributed by atoms with Crippen LogP contribution in [0.3, 0.4) is 0 Å². The topological polar surface area (TPSA) is 64.4 Å². The predicted octanol–water partition coefficient (Wildman–Crippen LogP) is 0.628. The fourth-order valence-corrected chi connectivity index (χ4v) is 2.53. The minimum atomic E-state index is -0.278. The van der Waals surface area contributed by atoms with E-state index in [2.05, 4.69) is 4.90 Å². The molecule has 0 amide bonds. The lowest BCUT2D eigenvalue weighted by molar-refractivity contribution is 0.314. The smallest absolute Gasteiger partial charge is 0.408 e. The van der Waals surface area contributed by atoms with Gasteiger partial charge in [-0.1, -0.05) is 12.1 Å². The van der Waals surface area contributed by atoms with Gasteiger partial charge < -0.3 is 10.2 Å². The van der Waals surface area contributed by atoms with Gasteiger partial charge in [-0.25, -0.2) is 4.79 Å². The molecule has 0 saturated carbocycles. The summed E-state index contributed by atoms with van der Waals surface area (Å²) in [4.78, 5) is 14.1. The molecule has 1 aliphatic rings. The monoisotopic (exact) mass is 247 g/mol. The average molecular weight is 247 g/mol. The maximum absolute atomic E-state index is 11.8. The number of fused-ring (bicyclic) bond motifs is 1. The molecule has 5 heteroatoms. The van der Waals surface area contributed by atoms with Gasteiger partial charge in [0.2, 0.25) is 0 Å². The van der Waals surface area contributed by atoms with Crippen molar-refractivity contribution in [2.24, 2.45) is 5.73 Å². The zero-order valence-corrected chi connectivity index (χ0v) is 10.2. The Balaban J connectivity index is 1.78. The number of nitrogens with two attached hydrogens (primary N) is 1. The van der Waals surface area contributed by atoms with Crippen LogP contribution in [0.5, 0.6) is 0 Å². The van der Waals surface area contributed by atoms with Gasteiger partial charge in [0.25, 0.3) is 0 Å². The van der Waals surface area contributed by atoms with Crippen molar-refractivity contribution in [1.82, 2.24) is 9.47 Å². The SMILES string of the molecule is N[C@H]1CCN(CCn2c(=O)oc3ccccc32)C1. The van der Waals surface area contributed by atoms with Crippen molar-refractivity contribution in [1.29, 1.82) is 0 Å². The summed E-state index contributed by atoms with van der Waals surface area (Å²) in [7, 11) is 0. The molecular weight excluding hydrogens is 230 g/mol. The molecule has 18 heavy (non-hydrogen) atoms. The van der Waals surface area contributed by atoms with E-state index in [0.29, 0.717) is 12.1 Å². The third-order valence-electron chi connectivity index (χ3n) is 3.52. The number of benzene rings is 1. The van der Waals surface area contributed by atoms with Crippen molar-refractivity contribution in [2.75, 3.05) is 19.6 Å². The predicted molar refractivity (Wildman–Crippen MR) is 69.5 cm³/mol. The molecule has 0 radical (unpaired) electrons. The van der Waals surface area contributed by atoms with E-state index >= 15 is 0 Å². The van der Waals surface area contributed by atoms with Gasteiger partial charge in [-0.05, 0) is 25.1 Å². The van der Waals surface area contributed by atoms with E-state index in [4.69, 9.17) is 10.2 Å². The Hall–Kier alpha value is -1.59. The summed E-state index contributed by atoms with van der Waals surface area (Å²) in [6, 6.07) is 7.80. The molecule has 0 unspecified atom stereocenters. The van der Waals surface area contributed by atoms with E-state index in [1.807, 2.05) is 24.3 Å². The minimum absolute atomic E-state index is 0.278. The molecule has 1 aromatic carbocycles. The van der Waals surface area contributed by atoms with Crippen molar-refractivity contribution in [3.8, 4) is 0 Å². The molecule has 2 N–H and O–H groups in total. The van der Waals surface area contributed by atoms with E-state index < -0.39 is 0 Å². The van der Waals surface area contributed by atoms with Crippen molar-refractivity contribution in [3.05, 3.63) is 34.8 Å². The van der Waals surface area contributed by atoms with Crippen LogP contribution in [-0.2, 0) is 6.54 Å². The fourth-order valence-electron chi connectivity index (χ4n) is 2.53. The molecule has 2 aromatic rings. The van der Waals surface area contributed by atoms with Gasteiger partial charge in [0.1, 0.15) is 0 Å². The van der Waals surface area contributed by atoms with Crippen LogP contribution in [-0.4, -0.2) is 35.1 Å². The normalized spacial score (nSPS) is 20.8. The van der Waals surface area contributed by atoms with Gasteiger partial charge in [-0.2, -0.15) is 0 Å². The highest BCUT2D eigenvalue weighted by molar-refractivity contribution is 5.72. The molecule has 0 aliphatic carbocycles. The van der Waals surface area contributed by atoms with Crippen molar-refractivity contribution < 1.29 is 4.42 Å². The summed E-state index contributed by atoms with van der Waals surface area (Å²) in [5, 5.41) is 0. The van der Waals surface area contributed by atoms with Crippen molar-refractivity contribution >= 4 is 11.1 Å². The van der Waals surface area contributed by atoms with E-state index in [1.54, 1.807) is 4.57 Å². The molecule has 1 aromatic heterocycles. The summed E-state index contributed by atoms with van der Waals surface area (Å²) in [6.07, 6.45) is 1.04. The molecule has 1 saturated heterocycles. The number of aromatic nitrogens is 1. The van der Waals surface area contributed by atoms with Gasteiger partial charge in [-0.15, -0.1) is 0 Å². The first-order valence-electron chi connectivity index (χ1n) is 6.30. The van der Waals surface area contributed by atoms with Gasteiger partial charge in [0.05, 0.1) is 5.52 Å². The lowest BCUT2D eigenvalue weighted by Crippen LogP contribution is -2.30. The summed E-state index contributed by atoms with van der Waals surface area (Å²) >= 11 is 0. The molecule has 2 heterocycles. The molecule has 1 fully saturated rings. The Morgan fingerprint density at radius 1 is 1.33 bits per heavy atom. The largest absolute Gasteiger partial charge is 0.419 e. The number of likely N-dealkylation sites (tertiary alicyclic amines) is 1. The number of rotatable bonds is 3. The number of hydrogen-bond donors (Lipinski definition) is 1. The molecule has 1 atom stereocenters. The maximum Gasteiger partial charge on any atom is 0.419 e. The highest BCUT2D eigenvalue weighted by atomic mass is 16.4. The second-order valence-electron chi connectivity index (χ2n) is 4.84. The van der Waals surface area contributed by atoms with Crippen LogP contribution < -0.4 is 11.5 Å². The van der Waals surface area contributed by atoms with Gasteiger partial charge in [0.15, 0.2) is 5.58 Å². The average Bonchev–Trinajstić information content (AvgIpc) is 2.90. The van der Waals surface area contributed by atoms with Crippen molar-refractivity contribution in [2.45, 2.75) is 19.0 Å². The third-order valence-corrected chi connectivity index (χ3v) is 3.52.